The number of nitrogens with zero attached hydrogens (tertiary/aromatic N) is 1. The molecular formula is C22H35NO. The fourth-order valence-electron chi connectivity index (χ4n) is 8.11. The Hall–Kier alpha value is -0.550. The number of fused-ring (bicyclic) bond motifs is 5. The minimum absolute atomic E-state index is 0.108. The molecule has 0 aromatic heterocycles. The van der Waals surface area contributed by atoms with Gasteiger partial charge >= 0.3 is 0 Å². The summed E-state index contributed by atoms with van der Waals surface area (Å²) in [5.74, 6) is 3.12. The van der Waals surface area contributed by atoms with Crippen LogP contribution in [0.15, 0.2) is 0 Å². The van der Waals surface area contributed by atoms with Gasteiger partial charge in [-0.15, -0.1) is 0 Å². The third kappa shape index (κ3) is 1.97. The highest BCUT2D eigenvalue weighted by Gasteiger charge is 2.64. The van der Waals surface area contributed by atoms with Gasteiger partial charge in [0.2, 0.25) is 0 Å². The molecule has 0 radical (unpaired) electrons. The molecule has 24 heavy (non-hydrogen) atoms. The predicted molar refractivity (Wildman–Crippen MR) is 96.0 cm³/mol. The van der Waals surface area contributed by atoms with Crippen LogP contribution in [0, 0.1) is 57.2 Å². The van der Waals surface area contributed by atoms with Crippen LogP contribution in [0.5, 0.6) is 0 Å². The minimum Gasteiger partial charge on any atom is -0.393 e. The van der Waals surface area contributed by atoms with E-state index in [2.05, 4.69) is 33.8 Å². The topological polar surface area (TPSA) is 44.0 Å². The average molecular weight is 330 g/mol. The maximum absolute atomic E-state index is 10.5. The molecule has 9 atom stereocenters. The second kappa shape index (κ2) is 5.23. The highest BCUT2D eigenvalue weighted by Crippen LogP contribution is 2.71. The molecule has 0 saturated heterocycles. The lowest BCUT2D eigenvalue weighted by atomic mass is 9.39. The number of hydrogen-bond donors (Lipinski definition) is 1. The van der Waals surface area contributed by atoms with Gasteiger partial charge in [0.15, 0.2) is 0 Å². The Morgan fingerprint density at radius 2 is 1.71 bits per heavy atom. The monoisotopic (exact) mass is 329 g/mol. The van der Waals surface area contributed by atoms with Crippen molar-refractivity contribution in [3.8, 4) is 6.07 Å². The van der Waals surface area contributed by atoms with Crippen molar-refractivity contribution in [3.63, 3.8) is 0 Å². The first-order valence-corrected chi connectivity index (χ1v) is 10.3. The number of nitriles is 1. The summed E-state index contributed by atoms with van der Waals surface area (Å²) in [6, 6.07) is 2.65. The van der Waals surface area contributed by atoms with Gasteiger partial charge in [0.1, 0.15) is 0 Å². The third-order valence-electron chi connectivity index (χ3n) is 9.88. The van der Waals surface area contributed by atoms with Crippen LogP contribution in [0.2, 0.25) is 0 Å². The molecule has 0 aromatic rings. The molecule has 2 nitrogen and oxygen atoms in total. The van der Waals surface area contributed by atoms with E-state index in [0.29, 0.717) is 16.7 Å². The highest BCUT2D eigenvalue weighted by molar-refractivity contribution is 5.15. The molecule has 4 rings (SSSR count). The zero-order valence-electron chi connectivity index (χ0n) is 16.0. The van der Waals surface area contributed by atoms with Crippen molar-refractivity contribution >= 4 is 0 Å². The molecule has 0 heterocycles. The van der Waals surface area contributed by atoms with Gasteiger partial charge in [-0.2, -0.15) is 5.26 Å². The maximum atomic E-state index is 10.5. The standard InChI is InChI=1S/C22H35NO/c1-14-11-22(4)18-8-10-21(3)15(13-23)5-6-17(21)16(18)7-9-20(22,2)12-19(14)24/h14-19,24H,5-12H2,1-4H3/t14-,15+,16+,17?,18+,19+,20+,21-,22-/m1/s1. The molecule has 4 aliphatic carbocycles. The van der Waals surface area contributed by atoms with Crippen LogP contribution in [0.1, 0.15) is 79.1 Å². The number of aliphatic hydroxyl groups excluding tert-OH is 1. The maximum Gasteiger partial charge on any atom is 0.0661 e. The summed E-state index contributed by atoms with van der Waals surface area (Å²) in [7, 11) is 0. The van der Waals surface area contributed by atoms with Crippen LogP contribution >= 0.6 is 0 Å². The summed E-state index contributed by atoms with van der Waals surface area (Å²) < 4.78 is 0. The van der Waals surface area contributed by atoms with E-state index < -0.39 is 0 Å². The molecule has 134 valence electrons. The molecule has 0 spiro atoms. The SMILES string of the molecule is C[C@@H]1C[C@]2(C)[C@H]3CC[C@@]4(C)C(CC[C@H]4C#N)[C@@H]3CC[C@@]2(C)C[C@@H]1O. The molecule has 2 heteroatoms. The van der Waals surface area contributed by atoms with Crippen LogP contribution in [0.3, 0.4) is 0 Å². The number of aliphatic hydroxyl groups is 1. The fraction of sp³-hybridized carbons (Fsp3) is 0.955. The summed E-state index contributed by atoms with van der Waals surface area (Å²) in [5.41, 5.74) is 0.960. The van der Waals surface area contributed by atoms with Gasteiger partial charge in [0.25, 0.3) is 0 Å². The van der Waals surface area contributed by atoms with Gasteiger partial charge in [0.05, 0.1) is 18.1 Å². The van der Waals surface area contributed by atoms with Crippen LogP contribution < -0.4 is 0 Å². The van der Waals surface area contributed by atoms with Crippen LogP contribution in [-0.2, 0) is 0 Å². The van der Waals surface area contributed by atoms with E-state index in [-0.39, 0.29) is 17.4 Å². The van der Waals surface area contributed by atoms with Crippen molar-refractivity contribution in [1.82, 2.24) is 0 Å². The smallest absolute Gasteiger partial charge is 0.0661 e. The summed E-state index contributed by atoms with van der Waals surface area (Å²) in [6.45, 7) is 9.72. The highest BCUT2D eigenvalue weighted by atomic mass is 16.3. The Bertz CT molecular complexity index is 567. The van der Waals surface area contributed by atoms with E-state index in [0.717, 1.165) is 30.6 Å². The molecule has 0 amide bonds. The fourth-order valence-corrected chi connectivity index (χ4v) is 8.11. The quantitative estimate of drug-likeness (QED) is 0.666. The summed E-state index contributed by atoms with van der Waals surface area (Å²) in [5, 5.41) is 20.1. The van der Waals surface area contributed by atoms with Crippen molar-refractivity contribution in [2.45, 2.75) is 85.2 Å². The van der Waals surface area contributed by atoms with Gasteiger partial charge in [0, 0.05) is 0 Å². The van der Waals surface area contributed by atoms with Gasteiger partial charge in [-0.25, -0.2) is 0 Å². The van der Waals surface area contributed by atoms with Gasteiger partial charge < -0.3 is 5.11 Å². The molecular weight excluding hydrogens is 294 g/mol. The van der Waals surface area contributed by atoms with E-state index in [9.17, 15) is 10.4 Å². The van der Waals surface area contributed by atoms with Crippen LogP contribution in [0.25, 0.3) is 0 Å². The molecule has 1 N–H and O–H groups in total. The van der Waals surface area contributed by atoms with E-state index in [1.54, 1.807) is 0 Å². The average Bonchev–Trinajstić information content (AvgIpc) is 2.86. The first kappa shape index (κ1) is 16.9. The van der Waals surface area contributed by atoms with Crippen molar-refractivity contribution in [2.75, 3.05) is 0 Å². The van der Waals surface area contributed by atoms with Crippen LogP contribution in [-0.4, -0.2) is 11.2 Å². The Morgan fingerprint density at radius 1 is 0.958 bits per heavy atom. The first-order chi connectivity index (χ1) is 11.2. The van der Waals surface area contributed by atoms with Crippen molar-refractivity contribution in [2.24, 2.45) is 45.8 Å². The Kier molecular flexibility index (Phi) is 3.68. The Labute approximate surface area is 148 Å². The summed E-state index contributed by atoms with van der Waals surface area (Å²) in [6.07, 6.45) is 9.65. The Morgan fingerprint density at radius 3 is 2.42 bits per heavy atom. The molecule has 0 bridgehead atoms. The lowest BCUT2D eigenvalue weighted by Crippen LogP contribution is -2.59. The third-order valence-corrected chi connectivity index (χ3v) is 9.88. The van der Waals surface area contributed by atoms with E-state index in [1.807, 2.05) is 0 Å². The van der Waals surface area contributed by atoms with Crippen molar-refractivity contribution in [1.29, 1.82) is 5.26 Å². The lowest BCUT2D eigenvalue weighted by molar-refractivity contribution is -0.182. The zero-order valence-corrected chi connectivity index (χ0v) is 16.0. The van der Waals surface area contributed by atoms with Gasteiger partial charge in [-0.3, -0.25) is 0 Å². The van der Waals surface area contributed by atoms with Crippen LogP contribution in [0.4, 0.5) is 0 Å². The Balaban J connectivity index is 1.68. The number of hydrogen-bond acceptors (Lipinski definition) is 2. The van der Waals surface area contributed by atoms with E-state index >= 15 is 0 Å². The molecule has 4 fully saturated rings. The van der Waals surface area contributed by atoms with E-state index in [4.69, 9.17) is 0 Å². The summed E-state index contributed by atoms with van der Waals surface area (Å²) in [4.78, 5) is 0. The summed E-state index contributed by atoms with van der Waals surface area (Å²) >= 11 is 0. The largest absolute Gasteiger partial charge is 0.393 e. The minimum atomic E-state index is -0.108. The zero-order chi connectivity index (χ0) is 17.3. The van der Waals surface area contributed by atoms with Gasteiger partial charge in [-0.1, -0.05) is 27.7 Å². The molecule has 0 aliphatic heterocycles. The predicted octanol–water partition coefficient (Wildman–Crippen LogP) is 5.17. The molecule has 4 aliphatic rings. The molecule has 0 aromatic carbocycles. The van der Waals surface area contributed by atoms with Gasteiger partial charge in [-0.05, 0) is 91.3 Å². The number of rotatable bonds is 0. The molecule has 4 saturated carbocycles. The second-order valence-electron chi connectivity index (χ2n) is 10.7. The first-order valence-electron chi connectivity index (χ1n) is 10.3. The van der Waals surface area contributed by atoms with Crippen molar-refractivity contribution in [3.05, 3.63) is 0 Å². The van der Waals surface area contributed by atoms with E-state index in [1.165, 1.54) is 38.5 Å². The lowest BCUT2D eigenvalue weighted by Gasteiger charge is -2.66. The second-order valence-corrected chi connectivity index (χ2v) is 10.7. The molecule has 1 unspecified atom stereocenters. The normalized spacial score (nSPS) is 59.8. The van der Waals surface area contributed by atoms with Crippen molar-refractivity contribution < 1.29 is 5.11 Å².